The SMILES string of the molecule is [C-]#[N+]CC1Cc2ccccc2C1. The van der Waals surface area contributed by atoms with Gasteiger partial charge in [0.15, 0.2) is 0 Å². The van der Waals surface area contributed by atoms with Crippen molar-refractivity contribution in [2.75, 3.05) is 6.54 Å². The van der Waals surface area contributed by atoms with Crippen LogP contribution >= 0.6 is 0 Å². The van der Waals surface area contributed by atoms with E-state index in [4.69, 9.17) is 6.57 Å². The lowest BCUT2D eigenvalue weighted by molar-refractivity contribution is 0.609. The lowest BCUT2D eigenvalue weighted by atomic mass is 10.1. The smallest absolute Gasteiger partial charge is 0.218 e. The Hall–Kier alpha value is -1.29. The maximum Gasteiger partial charge on any atom is 0.218 e. The van der Waals surface area contributed by atoms with Crippen LogP contribution in [0.3, 0.4) is 0 Å². The van der Waals surface area contributed by atoms with Crippen molar-refractivity contribution in [2.45, 2.75) is 12.8 Å². The quantitative estimate of drug-likeness (QED) is 0.551. The van der Waals surface area contributed by atoms with Gasteiger partial charge in [-0.25, -0.2) is 6.57 Å². The van der Waals surface area contributed by atoms with Crippen LogP contribution in [-0.4, -0.2) is 6.54 Å². The molecule has 2 rings (SSSR count). The van der Waals surface area contributed by atoms with Crippen molar-refractivity contribution in [1.29, 1.82) is 0 Å². The van der Waals surface area contributed by atoms with E-state index < -0.39 is 0 Å². The molecule has 0 radical (unpaired) electrons. The largest absolute Gasteiger partial charge is 0.317 e. The Balaban J connectivity index is 2.18. The molecule has 0 fully saturated rings. The molecule has 0 N–H and O–H groups in total. The minimum absolute atomic E-state index is 0.583. The predicted octanol–water partition coefficient (Wildman–Crippen LogP) is 2.32. The van der Waals surface area contributed by atoms with Crippen LogP contribution in [0.2, 0.25) is 0 Å². The third kappa shape index (κ3) is 1.21. The molecule has 12 heavy (non-hydrogen) atoms. The highest BCUT2D eigenvalue weighted by atomic mass is 14.6. The van der Waals surface area contributed by atoms with Gasteiger partial charge in [-0.05, 0) is 24.0 Å². The molecule has 1 aromatic carbocycles. The lowest BCUT2D eigenvalue weighted by Gasteiger charge is -1.96. The van der Waals surface area contributed by atoms with Gasteiger partial charge in [0, 0.05) is 5.92 Å². The zero-order valence-electron chi connectivity index (χ0n) is 6.96. The van der Waals surface area contributed by atoms with Crippen LogP contribution in [0.4, 0.5) is 0 Å². The van der Waals surface area contributed by atoms with Crippen molar-refractivity contribution in [3.8, 4) is 0 Å². The summed E-state index contributed by atoms with van der Waals surface area (Å²) in [6, 6.07) is 8.52. The molecule has 0 amide bonds. The second-order valence-corrected chi connectivity index (χ2v) is 3.38. The number of hydrogen-bond donors (Lipinski definition) is 0. The first-order chi connectivity index (χ1) is 5.90. The third-order valence-corrected chi connectivity index (χ3v) is 2.49. The van der Waals surface area contributed by atoms with Crippen molar-refractivity contribution in [2.24, 2.45) is 5.92 Å². The normalized spacial score (nSPS) is 15.6. The summed E-state index contributed by atoms with van der Waals surface area (Å²) in [6.07, 6.45) is 2.22. The van der Waals surface area contributed by atoms with Crippen molar-refractivity contribution >= 4 is 0 Å². The Morgan fingerprint density at radius 2 is 1.83 bits per heavy atom. The summed E-state index contributed by atoms with van der Waals surface area (Å²) >= 11 is 0. The van der Waals surface area contributed by atoms with Gasteiger partial charge in [0.05, 0.1) is 0 Å². The highest BCUT2D eigenvalue weighted by Gasteiger charge is 2.22. The molecular formula is C11H11N. The molecule has 0 spiro atoms. The molecule has 0 unspecified atom stereocenters. The fourth-order valence-corrected chi connectivity index (χ4v) is 1.91. The molecular weight excluding hydrogens is 146 g/mol. The van der Waals surface area contributed by atoms with E-state index in [9.17, 15) is 0 Å². The van der Waals surface area contributed by atoms with Crippen LogP contribution in [0.1, 0.15) is 11.1 Å². The fraction of sp³-hybridized carbons (Fsp3) is 0.364. The van der Waals surface area contributed by atoms with E-state index in [2.05, 4.69) is 29.1 Å². The highest BCUT2D eigenvalue weighted by molar-refractivity contribution is 5.32. The zero-order chi connectivity index (χ0) is 8.39. The van der Waals surface area contributed by atoms with Crippen molar-refractivity contribution < 1.29 is 0 Å². The molecule has 0 aromatic heterocycles. The average Bonchev–Trinajstić information content (AvgIpc) is 2.47. The number of rotatable bonds is 1. The molecule has 0 saturated heterocycles. The minimum atomic E-state index is 0.583. The van der Waals surface area contributed by atoms with Crippen molar-refractivity contribution in [1.82, 2.24) is 0 Å². The van der Waals surface area contributed by atoms with Crippen LogP contribution in [0.15, 0.2) is 24.3 Å². The Labute approximate surface area is 72.9 Å². The molecule has 0 atom stereocenters. The fourth-order valence-electron chi connectivity index (χ4n) is 1.91. The van der Waals surface area contributed by atoms with Crippen molar-refractivity contribution in [3.63, 3.8) is 0 Å². The molecule has 0 aliphatic heterocycles. The lowest BCUT2D eigenvalue weighted by Crippen LogP contribution is -2.01. The molecule has 1 nitrogen and oxygen atoms in total. The number of fused-ring (bicyclic) bond motifs is 1. The number of benzene rings is 1. The minimum Gasteiger partial charge on any atom is -0.317 e. The molecule has 1 aliphatic rings. The second-order valence-electron chi connectivity index (χ2n) is 3.38. The summed E-state index contributed by atoms with van der Waals surface area (Å²) in [6.45, 7) is 7.49. The van der Waals surface area contributed by atoms with Gasteiger partial charge >= 0.3 is 0 Å². The molecule has 1 heteroatoms. The van der Waals surface area contributed by atoms with E-state index in [1.807, 2.05) is 0 Å². The van der Waals surface area contributed by atoms with Crippen LogP contribution in [0, 0.1) is 12.5 Å². The van der Waals surface area contributed by atoms with Gasteiger partial charge in [0.1, 0.15) is 0 Å². The summed E-state index contributed by atoms with van der Waals surface area (Å²) in [4.78, 5) is 3.45. The summed E-state index contributed by atoms with van der Waals surface area (Å²) < 4.78 is 0. The molecule has 1 aromatic rings. The molecule has 0 saturated carbocycles. The van der Waals surface area contributed by atoms with Crippen LogP contribution < -0.4 is 0 Å². The molecule has 1 aliphatic carbocycles. The Kier molecular flexibility index (Phi) is 1.83. The average molecular weight is 157 g/mol. The topological polar surface area (TPSA) is 4.36 Å². The monoisotopic (exact) mass is 157 g/mol. The number of nitrogens with zero attached hydrogens (tertiary/aromatic N) is 1. The van der Waals surface area contributed by atoms with Crippen molar-refractivity contribution in [3.05, 3.63) is 46.8 Å². The van der Waals surface area contributed by atoms with Crippen LogP contribution in [0.25, 0.3) is 4.85 Å². The van der Waals surface area contributed by atoms with Gasteiger partial charge in [-0.1, -0.05) is 24.3 Å². The van der Waals surface area contributed by atoms with Gasteiger partial charge in [0.2, 0.25) is 6.54 Å². The third-order valence-electron chi connectivity index (χ3n) is 2.49. The first kappa shape index (κ1) is 7.36. The van der Waals surface area contributed by atoms with Gasteiger partial charge in [-0.2, -0.15) is 0 Å². The van der Waals surface area contributed by atoms with E-state index in [-0.39, 0.29) is 0 Å². The zero-order valence-corrected chi connectivity index (χ0v) is 6.96. The summed E-state index contributed by atoms with van der Waals surface area (Å²) in [5, 5.41) is 0. The Morgan fingerprint density at radius 1 is 1.25 bits per heavy atom. The molecule has 0 bridgehead atoms. The standard InChI is InChI=1S/C11H11N/c1-12-8-9-6-10-4-2-3-5-11(10)7-9/h2-5,9H,6-8H2. The molecule has 0 heterocycles. The van der Waals surface area contributed by atoms with E-state index in [1.165, 1.54) is 11.1 Å². The number of hydrogen-bond acceptors (Lipinski definition) is 0. The maximum atomic E-state index is 6.80. The van der Waals surface area contributed by atoms with Gasteiger partial charge in [-0.15, -0.1) is 0 Å². The van der Waals surface area contributed by atoms with E-state index in [0.29, 0.717) is 12.5 Å². The van der Waals surface area contributed by atoms with E-state index in [0.717, 1.165) is 12.8 Å². The molecule has 60 valence electrons. The first-order valence-corrected chi connectivity index (χ1v) is 4.30. The summed E-state index contributed by atoms with van der Waals surface area (Å²) in [7, 11) is 0. The first-order valence-electron chi connectivity index (χ1n) is 4.30. The van der Waals surface area contributed by atoms with Gasteiger partial charge in [0.25, 0.3) is 0 Å². The van der Waals surface area contributed by atoms with Gasteiger partial charge < -0.3 is 4.85 Å². The van der Waals surface area contributed by atoms with Gasteiger partial charge in [-0.3, -0.25) is 0 Å². The van der Waals surface area contributed by atoms with E-state index in [1.54, 1.807) is 0 Å². The highest BCUT2D eigenvalue weighted by Crippen LogP contribution is 2.26. The Morgan fingerprint density at radius 3 is 2.33 bits per heavy atom. The van der Waals surface area contributed by atoms with Crippen LogP contribution in [0.5, 0.6) is 0 Å². The summed E-state index contributed by atoms with van der Waals surface area (Å²) in [5.74, 6) is 0.583. The summed E-state index contributed by atoms with van der Waals surface area (Å²) in [5.41, 5.74) is 2.90. The van der Waals surface area contributed by atoms with Crippen LogP contribution in [-0.2, 0) is 12.8 Å². The maximum absolute atomic E-state index is 6.80. The van der Waals surface area contributed by atoms with E-state index >= 15 is 0 Å². The Bertz CT molecular complexity index is 297. The second kappa shape index (κ2) is 2.98. The predicted molar refractivity (Wildman–Crippen MR) is 48.8 cm³/mol.